The number of carbonyl (C=O) groups excluding carboxylic acids is 2. The molecule has 0 saturated heterocycles. The quantitative estimate of drug-likeness (QED) is 0.475. The third-order valence-corrected chi connectivity index (χ3v) is 6.18. The molecule has 0 heterocycles. The molecule has 0 atom stereocenters. The number of carbonyl (C=O) groups is 2. The lowest BCUT2D eigenvalue weighted by atomic mass is 9.73. The molecule has 0 unspecified atom stereocenters. The summed E-state index contributed by atoms with van der Waals surface area (Å²) in [5.74, 6) is 0.453. The van der Waals surface area contributed by atoms with Gasteiger partial charge < -0.3 is 25.0 Å². The van der Waals surface area contributed by atoms with Gasteiger partial charge in [-0.05, 0) is 44.2 Å². The van der Waals surface area contributed by atoms with E-state index in [0.717, 1.165) is 38.6 Å². The van der Waals surface area contributed by atoms with Gasteiger partial charge in [0.1, 0.15) is 0 Å². The van der Waals surface area contributed by atoms with Gasteiger partial charge in [-0.25, -0.2) is 0 Å². The second-order valence-corrected chi connectivity index (χ2v) is 8.26. The van der Waals surface area contributed by atoms with Gasteiger partial charge in [-0.3, -0.25) is 9.59 Å². The third-order valence-electron chi connectivity index (χ3n) is 6.18. The van der Waals surface area contributed by atoms with E-state index in [1.54, 1.807) is 7.11 Å². The molecule has 1 aromatic rings. The van der Waals surface area contributed by atoms with E-state index in [0.29, 0.717) is 32.0 Å². The van der Waals surface area contributed by atoms with Gasteiger partial charge in [-0.2, -0.15) is 0 Å². The first-order valence-corrected chi connectivity index (χ1v) is 10.9. The Bertz CT molecular complexity index is 633. The fraction of sp³-hybridized carbons (Fsp3) is 0.652. The highest BCUT2D eigenvalue weighted by molar-refractivity contribution is 5.76. The van der Waals surface area contributed by atoms with E-state index in [2.05, 4.69) is 34.5 Å². The van der Waals surface area contributed by atoms with Crippen LogP contribution in [0.2, 0.25) is 0 Å². The zero-order valence-corrected chi connectivity index (χ0v) is 18.4. The second kappa shape index (κ2) is 12.7. The monoisotopic (exact) mass is 419 g/mol. The highest BCUT2D eigenvalue weighted by atomic mass is 16.5. The van der Waals surface area contributed by atoms with Crippen LogP contribution in [0.4, 0.5) is 0 Å². The van der Waals surface area contributed by atoms with E-state index < -0.39 is 0 Å². The predicted octanol–water partition coefficient (Wildman–Crippen LogP) is 1.62. The number of nitrogens with one attached hydrogen (secondary N) is 1. The van der Waals surface area contributed by atoms with Crippen molar-refractivity contribution in [3.8, 4) is 0 Å². The highest BCUT2D eigenvalue weighted by Crippen LogP contribution is 2.41. The van der Waals surface area contributed by atoms with E-state index in [4.69, 9.17) is 9.84 Å². The average molecular weight is 420 g/mol. The smallest absolute Gasteiger partial charge is 0.221 e. The number of hydrogen-bond acceptors (Lipinski definition) is 5. The van der Waals surface area contributed by atoms with Crippen LogP contribution in [0, 0.1) is 0 Å². The van der Waals surface area contributed by atoms with Crippen LogP contribution < -0.4 is 5.32 Å². The van der Waals surface area contributed by atoms with Crippen molar-refractivity contribution in [3.05, 3.63) is 35.9 Å². The summed E-state index contributed by atoms with van der Waals surface area (Å²) in [5, 5.41) is 11.5. The number of rotatable bonds is 13. The van der Waals surface area contributed by atoms with Crippen LogP contribution in [-0.4, -0.2) is 86.3 Å². The normalized spacial score (nSPS) is 21.4. The molecule has 2 N–H and O–H groups in total. The lowest BCUT2D eigenvalue weighted by molar-refractivity contribution is -0.128. The molecule has 168 valence electrons. The summed E-state index contributed by atoms with van der Waals surface area (Å²) in [6.45, 7) is 2.64. The fourth-order valence-electron chi connectivity index (χ4n) is 4.50. The second-order valence-electron chi connectivity index (χ2n) is 8.26. The maximum absolute atomic E-state index is 12.0. The van der Waals surface area contributed by atoms with Crippen molar-refractivity contribution in [1.82, 2.24) is 15.1 Å². The van der Waals surface area contributed by atoms with E-state index in [9.17, 15) is 9.59 Å². The van der Waals surface area contributed by atoms with Crippen molar-refractivity contribution in [1.29, 1.82) is 0 Å². The van der Waals surface area contributed by atoms with Crippen molar-refractivity contribution >= 4 is 12.3 Å². The predicted molar refractivity (Wildman–Crippen MR) is 117 cm³/mol. The largest absolute Gasteiger partial charge is 0.395 e. The molecule has 1 aromatic carbocycles. The molecule has 1 aliphatic carbocycles. The van der Waals surface area contributed by atoms with Crippen molar-refractivity contribution in [2.24, 2.45) is 0 Å². The number of hydrogen-bond donors (Lipinski definition) is 2. The molecule has 0 aromatic heterocycles. The Morgan fingerprint density at radius 2 is 1.97 bits per heavy atom. The molecule has 1 saturated carbocycles. The Balaban J connectivity index is 2.03. The van der Waals surface area contributed by atoms with Crippen molar-refractivity contribution < 1.29 is 19.4 Å². The first-order valence-electron chi connectivity index (χ1n) is 10.9. The summed E-state index contributed by atoms with van der Waals surface area (Å²) in [4.78, 5) is 27.9. The van der Waals surface area contributed by atoms with E-state index in [-0.39, 0.29) is 24.6 Å². The van der Waals surface area contributed by atoms with Crippen LogP contribution in [0.1, 0.15) is 43.6 Å². The summed E-state index contributed by atoms with van der Waals surface area (Å²) < 4.78 is 5.23. The summed E-state index contributed by atoms with van der Waals surface area (Å²) in [6.07, 6.45) is 5.26. The summed E-state index contributed by atoms with van der Waals surface area (Å²) in [6, 6.07) is 10.6. The molecule has 0 spiro atoms. The standard InChI is InChI=1S/C23H37N3O4/c1-25(14-10-22(29)24-13-16-27)18-23(26(19-28)15-17-30-2)11-8-21(9-12-23)20-6-4-3-5-7-20/h3-7,19,21,27H,8-18H2,1-2H3,(H,24,29). The summed E-state index contributed by atoms with van der Waals surface area (Å²) in [5.41, 5.74) is 1.12. The van der Waals surface area contributed by atoms with E-state index in [1.165, 1.54) is 5.56 Å². The SMILES string of the molecule is COCCN(C=O)C1(CN(C)CCC(=O)NCCO)CCC(c2ccccc2)CC1. The van der Waals surface area contributed by atoms with Crippen LogP contribution in [0.5, 0.6) is 0 Å². The van der Waals surface area contributed by atoms with Gasteiger partial charge in [0.05, 0.1) is 18.8 Å². The van der Waals surface area contributed by atoms with E-state index >= 15 is 0 Å². The Morgan fingerprint density at radius 3 is 2.57 bits per heavy atom. The Morgan fingerprint density at radius 1 is 1.27 bits per heavy atom. The topological polar surface area (TPSA) is 82.1 Å². The molecule has 0 bridgehead atoms. The molecule has 2 amide bonds. The maximum atomic E-state index is 12.0. The first-order chi connectivity index (χ1) is 14.5. The van der Waals surface area contributed by atoms with Crippen molar-refractivity contribution in [2.45, 2.75) is 43.6 Å². The minimum absolute atomic E-state index is 0.0545. The molecule has 7 heteroatoms. The number of ether oxygens (including phenoxy) is 1. The highest BCUT2D eigenvalue weighted by Gasteiger charge is 2.41. The van der Waals surface area contributed by atoms with Crippen molar-refractivity contribution in [2.75, 3.05) is 53.6 Å². The van der Waals surface area contributed by atoms with Crippen LogP contribution in [0.25, 0.3) is 0 Å². The molecule has 30 heavy (non-hydrogen) atoms. The number of nitrogens with zero attached hydrogens (tertiary/aromatic N) is 2. The summed E-state index contributed by atoms with van der Waals surface area (Å²) >= 11 is 0. The number of likely N-dealkylation sites (N-methyl/N-ethyl adjacent to an activating group) is 1. The van der Waals surface area contributed by atoms with Crippen LogP contribution in [-0.2, 0) is 14.3 Å². The van der Waals surface area contributed by atoms with Crippen LogP contribution in [0.3, 0.4) is 0 Å². The van der Waals surface area contributed by atoms with Gasteiger partial charge in [-0.1, -0.05) is 30.3 Å². The van der Waals surface area contributed by atoms with Gasteiger partial charge in [0.15, 0.2) is 0 Å². The molecule has 2 rings (SSSR count). The van der Waals surface area contributed by atoms with Gasteiger partial charge >= 0.3 is 0 Å². The lowest BCUT2D eigenvalue weighted by Crippen LogP contribution is -2.57. The van der Waals surface area contributed by atoms with Crippen LogP contribution >= 0.6 is 0 Å². The molecular formula is C23H37N3O4. The maximum Gasteiger partial charge on any atom is 0.221 e. The Hall–Kier alpha value is -1.96. The molecule has 0 radical (unpaired) electrons. The first kappa shape index (κ1) is 24.3. The lowest BCUT2D eigenvalue weighted by Gasteiger charge is -2.48. The zero-order valence-electron chi connectivity index (χ0n) is 18.4. The average Bonchev–Trinajstić information content (AvgIpc) is 2.78. The Kier molecular flexibility index (Phi) is 10.3. The van der Waals surface area contributed by atoms with Gasteiger partial charge in [-0.15, -0.1) is 0 Å². The summed E-state index contributed by atoms with van der Waals surface area (Å²) in [7, 11) is 3.66. The van der Waals surface area contributed by atoms with Gasteiger partial charge in [0, 0.05) is 39.7 Å². The minimum Gasteiger partial charge on any atom is -0.395 e. The van der Waals surface area contributed by atoms with Crippen molar-refractivity contribution in [3.63, 3.8) is 0 Å². The van der Waals surface area contributed by atoms with E-state index in [1.807, 2.05) is 18.0 Å². The minimum atomic E-state index is -0.248. The molecular weight excluding hydrogens is 382 g/mol. The number of aliphatic hydroxyl groups is 1. The van der Waals surface area contributed by atoms with Crippen LogP contribution in [0.15, 0.2) is 30.3 Å². The number of methoxy groups -OCH3 is 1. The molecule has 1 fully saturated rings. The number of benzene rings is 1. The zero-order chi connectivity index (χ0) is 21.8. The Labute approximate surface area is 180 Å². The molecule has 1 aliphatic rings. The third kappa shape index (κ3) is 7.07. The number of aliphatic hydroxyl groups excluding tert-OH is 1. The molecule has 0 aliphatic heterocycles. The fourth-order valence-corrected chi connectivity index (χ4v) is 4.50. The molecule has 7 nitrogen and oxygen atoms in total. The number of amides is 2. The van der Waals surface area contributed by atoms with Gasteiger partial charge in [0.25, 0.3) is 0 Å². The van der Waals surface area contributed by atoms with Gasteiger partial charge in [0.2, 0.25) is 12.3 Å².